The third-order valence-electron chi connectivity index (χ3n) is 5.84. The summed E-state index contributed by atoms with van der Waals surface area (Å²) in [4.78, 5) is 28.2. The highest BCUT2D eigenvalue weighted by Gasteiger charge is 2.37. The van der Waals surface area contributed by atoms with Crippen molar-refractivity contribution in [1.29, 1.82) is 0 Å². The molecule has 2 fully saturated rings. The van der Waals surface area contributed by atoms with E-state index in [1.165, 1.54) is 0 Å². The maximum absolute atomic E-state index is 13.4. The average Bonchev–Trinajstić information content (AvgIpc) is 3.34. The fourth-order valence-corrected chi connectivity index (χ4v) is 4.48. The van der Waals surface area contributed by atoms with Crippen LogP contribution in [0.3, 0.4) is 0 Å². The maximum Gasteiger partial charge on any atom is 0.253 e. The fraction of sp³-hybridized carbons (Fsp3) is 0.417. The molecule has 7 heteroatoms. The molecule has 164 valence electrons. The molecule has 2 saturated heterocycles. The van der Waals surface area contributed by atoms with Gasteiger partial charge in [0, 0.05) is 6.54 Å². The first kappa shape index (κ1) is 21.8. The van der Waals surface area contributed by atoms with Gasteiger partial charge in [0.1, 0.15) is 0 Å². The van der Waals surface area contributed by atoms with Crippen molar-refractivity contribution in [1.82, 2.24) is 10.2 Å². The minimum absolute atomic E-state index is 0.0166. The Morgan fingerprint density at radius 1 is 1.03 bits per heavy atom. The van der Waals surface area contributed by atoms with E-state index in [2.05, 4.69) is 5.32 Å². The van der Waals surface area contributed by atoms with Crippen LogP contribution in [0.25, 0.3) is 0 Å². The summed E-state index contributed by atoms with van der Waals surface area (Å²) < 4.78 is 11.4. The quantitative estimate of drug-likeness (QED) is 0.735. The van der Waals surface area contributed by atoms with Crippen molar-refractivity contribution in [2.45, 2.75) is 44.1 Å². The molecule has 2 heterocycles. The molecule has 2 aliphatic heterocycles. The number of amides is 2. The Bertz CT molecular complexity index is 901. The van der Waals surface area contributed by atoms with Crippen LogP contribution >= 0.6 is 11.6 Å². The monoisotopic (exact) mass is 442 g/mol. The van der Waals surface area contributed by atoms with E-state index in [9.17, 15) is 9.59 Å². The normalized spacial score (nSPS) is 20.4. The Hall–Kier alpha value is -2.41. The molecule has 2 unspecified atom stereocenters. The fourth-order valence-electron chi connectivity index (χ4n) is 4.26. The molecule has 31 heavy (non-hydrogen) atoms. The number of piperidine rings is 1. The molecule has 0 spiro atoms. The number of nitrogens with one attached hydrogen (secondary N) is 1. The van der Waals surface area contributed by atoms with Gasteiger partial charge in [-0.1, -0.05) is 54.1 Å². The Labute approximate surface area is 187 Å². The second-order valence-corrected chi connectivity index (χ2v) is 8.29. The van der Waals surface area contributed by atoms with E-state index in [-0.39, 0.29) is 30.6 Å². The van der Waals surface area contributed by atoms with Crippen molar-refractivity contribution in [2.75, 3.05) is 19.8 Å². The second kappa shape index (κ2) is 10.3. The zero-order valence-corrected chi connectivity index (χ0v) is 18.1. The summed E-state index contributed by atoms with van der Waals surface area (Å²) in [6.45, 7) is 1.79. The van der Waals surface area contributed by atoms with Crippen LogP contribution in [0.1, 0.15) is 47.6 Å². The number of hydrogen-bond acceptors (Lipinski definition) is 4. The van der Waals surface area contributed by atoms with Gasteiger partial charge in [-0.2, -0.15) is 0 Å². The molecule has 6 nitrogen and oxygen atoms in total. The number of rotatable bonds is 6. The van der Waals surface area contributed by atoms with Gasteiger partial charge in [-0.25, -0.2) is 0 Å². The highest BCUT2D eigenvalue weighted by atomic mass is 35.5. The molecule has 2 atom stereocenters. The zero-order valence-electron chi connectivity index (χ0n) is 17.3. The highest BCUT2D eigenvalue weighted by Crippen LogP contribution is 2.27. The molecule has 1 N–H and O–H groups in total. The minimum Gasteiger partial charge on any atom is -0.348 e. The number of carbonyl (C=O) groups is 2. The number of carbonyl (C=O) groups excluding carboxylic acids is 2. The molecule has 2 aliphatic rings. The lowest BCUT2D eigenvalue weighted by atomic mass is 9.98. The van der Waals surface area contributed by atoms with Crippen molar-refractivity contribution >= 4 is 23.4 Å². The Morgan fingerprint density at radius 2 is 1.74 bits per heavy atom. The number of ether oxygens (including phenoxy) is 2. The van der Waals surface area contributed by atoms with Crippen molar-refractivity contribution < 1.29 is 19.1 Å². The summed E-state index contributed by atoms with van der Waals surface area (Å²) in [6.07, 6.45) is 2.65. The van der Waals surface area contributed by atoms with Crippen molar-refractivity contribution in [2.24, 2.45) is 0 Å². The van der Waals surface area contributed by atoms with Crippen molar-refractivity contribution in [3.05, 3.63) is 70.7 Å². The molecular weight excluding hydrogens is 416 g/mol. The summed E-state index contributed by atoms with van der Waals surface area (Å²) in [5.41, 5.74) is 1.26. The molecule has 0 saturated carbocycles. The molecule has 0 bridgehead atoms. The van der Waals surface area contributed by atoms with Crippen LogP contribution in [0.5, 0.6) is 0 Å². The van der Waals surface area contributed by atoms with Crippen LogP contribution in [0.2, 0.25) is 5.02 Å². The Morgan fingerprint density at radius 3 is 2.48 bits per heavy atom. The topological polar surface area (TPSA) is 67.9 Å². The lowest BCUT2D eigenvalue weighted by Gasteiger charge is -2.38. The van der Waals surface area contributed by atoms with Crippen LogP contribution in [0.4, 0.5) is 0 Å². The van der Waals surface area contributed by atoms with E-state index >= 15 is 0 Å². The molecule has 2 aromatic carbocycles. The van der Waals surface area contributed by atoms with E-state index in [1.807, 2.05) is 35.2 Å². The van der Waals surface area contributed by atoms with E-state index in [0.29, 0.717) is 30.3 Å². The zero-order chi connectivity index (χ0) is 21.6. The van der Waals surface area contributed by atoms with Crippen LogP contribution in [0, 0.1) is 0 Å². The van der Waals surface area contributed by atoms with E-state index < -0.39 is 6.04 Å². The van der Waals surface area contributed by atoms with Crippen LogP contribution in [-0.4, -0.2) is 48.8 Å². The predicted molar refractivity (Wildman–Crippen MR) is 118 cm³/mol. The summed E-state index contributed by atoms with van der Waals surface area (Å²) in [5.74, 6) is -0.318. The van der Waals surface area contributed by atoms with Gasteiger partial charge in [0.25, 0.3) is 5.91 Å². The van der Waals surface area contributed by atoms with E-state index in [4.69, 9.17) is 21.1 Å². The van der Waals surface area contributed by atoms with Gasteiger partial charge in [-0.15, -0.1) is 0 Å². The van der Waals surface area contributed by atoms with Gasteiger partial charge < -0.3 is 19.7 Å². The first-order chi connectivity index (χ1) is 15.1. The number of hydrogen-bond donors (Lipinski definition) is 1. The van der Waals surface area contributed by atoms with Gasteiger partial charge in [-0.3, -0.25) is 9.59 Å². The van der Waals surface area contributed by atoms with Crippen LogP contribution in [-0.2, 0) is 14.3 Å². The lowest BCUT2D eigenvalue weighted by molar-refractivity contribution is -0.151. The third-order valence-corrected chi connectivity index (χ3v) is 6.17. The SMILES string of the molecule is O=C(NC(CC(=O)N1CCCCC1C1OCCO1)c1ccccc1)c1ccccc1Cl. The summed E-state index contributed by atoms with van der Waals surface area (Å²) >= 11 is 6.20. The Kier molecular flexibility index (Phi) is 7.22. The minimum atomic E-state index is -0.467. The average molecular weight is 443 g/mol. The van der Waals surface area contributed by atoms with Gasteiger partial charge in [-0.05, 0) is 37.0 Å². The van der Waals surface area contributed by atoms with Crippen molar-refractivity contribution in [3.8, 4) is 0 Å². The summed E-state index contributed by atoms with van der Waals surface area (Å²) in [6, 6.07) is 15.9. The van der Waals surface area contributed by atoms with E-state index in [0.717, 1.165) is 24.8 Å². The Balaban J connectivity index is 1.52. The highest BCUT2D eigenvalue weighted by molar-refractivity contribution is 6.33. The number of likely N-dealkylation sites (tertiary alicyclic amines) is 1. The predicted octanol–water partition coefficient (Wildman–Crippen LogP) is 3.96. The molecule has 0 aliphatic carbocycles. The summed E-state index contributed by atoms with van der Waals surface area (Å²) in [5, 5.41) is 3.39. The third kappa shape index (κ3) is 5.26. The van der Waals surface area contributed by atoms with Gasteiger partial charge >= 0.3 is 0 Å². The largest absolute Gasteiger partial charge is 0.348 e. The second-order valence-electron chi connectivity index (χ2n) is 7.88. The van der Waals surface area contributed by atoms with Crippen LogP contribution in [0.15, 0.2) is 54.6 Å². The van der Waals surface area contributed by atoms with Crippen LogP contribution < -0.4 is 5.32 Å². The maximum atomic E-state index is 13.4. The van der Waals surface area contributed by atoms with Gasteiger partial charge in [0.2, 0.25) is 5.91 Å². The molecule has 0 radical (unpaired) electrons. The lowest BCUT2D eigenvalue weighted by Crippen LogP contribution is -2.51. The smallest absolute Gasteiger partial charge is 0.253 e. The standard InChI is InChI=1S/C24H27ClN2O4/c25-19-11-5-4-10-18(19)23(29)26-20(17-8-2-1-3-9-17)16-22(28)27-13-7-6-12-21(27)24-30-14-15-31-24/h1-5,8-11,20-21,24H,6-7,12-16H2,(H,26,29). The molecule has 4 rings (SSSR count). The summed E-state index contributed by atoms with van der Waals surface area (Å²) in [7, 11) is 0. The van der Waals surface area contributed by atoms with Gasteiger partial charge in [0.15, 0.2) is 6.29 Å². The number of halogens is 1. The van der Waals surface area contributed by atoms with E-state index in [1.54, 1.807) is 24.3 Å². The molecular formula is C24H27ClN2O4. The number of benzene rings is 2. The first-order valence-electron chi connectivity index (χ1n) is 10.8. The van der Waals surface area contributed by atoms with Gasteiger partial charge in [0.05, 0.1) is 42.3 Å². The molecule has 2 amide bonds. The first-order valence-corrected chi connectivity index (χ1v) is 11.1. The number of nitrogens with zero attached hydrogens (tertiary/aromatic N) is 1. The molecule has 0 aromatic heterocycles. The van der Waals surface area contributed by atoms with Crippen molar-refractivity contribution in [3.63, 3.8) is 0 Å². The molecule has 2 aromatic rings.